The minimum atomic E-state index is -4.40. The van der Waals surface area contributed by atoms with Crippen LogP contribution in [-0.2, 0) is 6.18 Å². The zero-order chi connectivity index (χ0) is 11.8. The van der Waals surface area contributed by atoms with Crippen LogP contribution in [0.1, 0.15) is 4.88 Å². The summed E-state index contributed by atoms with van der Waals surface area (Å²) in [6.45, 7) is 0. The van der Waals surface area contributed by atoms with Crippen LogP contribution in [0.4, 0.5) is 18.9 Å². The summed E-state index contributed by atoms with van der Waals surface area (Å²) in [4.78, 5) is 3.62. The number of thiophene rings is 1. The summed E-state index contributed by atoms with van der Waals surface area (Å²) in [6.07, 6.45) is -2.87. The Balaban J connectivity index is 2.47. The molecule has 0 aliphatic rings. The maximum absolute atomic E-state index is 12.5. The quantitative estimate of drug-likeness (QED) is 0.834. The summed E-state index contributed by atoms with van der Waals surface area (Å²) < 4.78 is 37.5. The topological polar surface area (TPSA) is 38.9 Å². The van der Waals surface area contributed by atoms with E-state index in [9.17, 15) is 13.2 Å². The third kappa shape index (κ3) is 2.01. The molecule has 0 fully saturated rings. The summed E-state index contributed by atoms with van der Waals surface area (Å²) in [5.74, 6) is 0. The molecule has 6 heteroatoms. The molecule has 0 saturated carbocycles. The molecule has 2 N–H and O–H groups in total. The van der Waals surface area contributed by atoms with Gasteiger partial charge in [-0.2, -0.15) is 13.2 Å². The van der Waals surface area contributed by atoms with Crippen LogP contribution in [0.25, 0.3) is 10.6 Å². The van der Waals surface area contributed by atoms with Crippen molar-refractivity contribution in [1.82, 2.24) is 4.98 Å². The van der Waals surface area contributed by atoms with Crippen LogP contribution in [0.15, 0.2) is 30.5 Å². The van der Waals surface area contributed by atoms with Crippen LogP contribution < -0.4 is 5.73 Å². The van der Waals surface area contributed by atoms with Crippen LogP contribution in [0.2, 0.25) is 0 Å². The van der Waals surface area contributed by atoms with Crippen molar-refractivity contribution < 1.29 is 13.2 Å². The van der Waals surface area contributed by atoms with Crippen molar-refractivity contribution in [3.63, 3.8) is 0 Å². The van der Waals surface area contributed by atoms with Crippen molar-refractivity contribution in [2.24, 2.45) is 0 Å². The second-order valence-electron chi connectivity index (χ2n) is 3.11. The van der Waals surface area contributed by atoms with Crippen LogP contribution in [0.3, 0.4) is 0 Å². The molecular formula is C10H7F3N2S. The number of nitrogens with zero attached hydrogens (tertiary/aromatic N) is 1. The molecule has 2 heterocycles. The number of aromatic nitrogens is 1. The Morgan fingerprint density at radius 3 is 2.50 bits per heavy atom. The van der Waals surface area contributed by atoms with Gasteiger partial charge in [-0.3, -0.25) is 4.98 Å². The standard InChI is InChI=1S/C10H7F3N2S/c11-10(12,13)9-6(14)5-8(16-9)7-3-1-2-4-15-7/h1-5H,14H2. The second kappa shape index (κ2) is 3.79. The highest BCUT2D eigenvalue weighted by Crippen LogP contribution is 2.42. The molecule has 0 radical (unpaired) electrons. The zero-order valence-electron chi connectivity index (χ0n) is 7.95. The number of nitrogen functional groups attached to an aromatic ring is 1. The van der Waals surface area contributed by atoms with E-state index in [0.717, 1.165) is 0 Å². The number of hydrogen-bond donors (Lipinski definition) is 1. The van der Waals surface area contributed by atoms with Gasteiger partial charge in [0.25, 0.3) is 0 Å². The summed E-state index contributed by atoms with van der Waals surface area (Å²) >= 11 is 0.607. The smallest absolute Gasteiger partial charge is 0.398 e. The fraction of sp³-hybridized carbons (Fsp3) is 0.100. The third-order valence-corrected chi connectivity index (χ3v) is 3.15. The Labute approximate surface area is 93.5 Å². The fourth-order valence-corrected chi connectivity index (χ4v) is 2.19. The fourth-order valence-electron chi connectivity index (χ4n) is 1.26. The number of anilines is 1. The largest absolute Gasteiger partial charge is 0.427 e. The van der Waals surface area contributed by atoms with Crippen molar-refractivity contribution in [2.75, 3.05) is 5.73 Å². The Morgan fingerprint density at radius 1 is 1.25 bits per heavy atom. The van der Waals surface area contributed by atoms with E-state index in [0.29, 0.717) is 21.9 Å². The van der Waals surface area contributed by atoms with E-state index in [1.165, 1.54) is 12.3 Å². The van der Waals surface area contributed by atoms with Crippen LogP contribution in [0, 0.1) is 0 Å². The predicted molar refractivity (Wildman–Crippen MR) is 57.0 cm³/mol. The molecule has 0 saturated heterocycles. The highest BCUT2D eigenvalue weighted by Gasteiger charge is 2.35. The van der Waals surface area contributed by atoms with Crippen molar-refractivity contribution in [3.8, 4) is 10.6 Å². The lowest BCUT2D eigenvalue weighted by molar-refractivity contribution is -0.133. The summed E-state index contributed by atoms with van der Waals surface area (Å²) in [6, 6.07) is 6.36. The number of rotatable bonds is 1. The average Bonchev–Trinajstić information content (AvgIpc) is 2.61. The molecular weight excluding hydrogens is 237 g/mol. The van der Waals surface area contributed by atoms with Crippen molar-refractivity contribution in [2.45, 2.75) is 6.18 Å². The monoisotopic (exact) mass is 244 g/mol. The van der Waals surface area contributed by atoms with E-state index in [2.05, 4.69) is 4.98 Å². The first-order valence-electron chi connectivity index (χ1n) is 4.36. The molecule has 0 spiro atoms. The molecule has 0 bridgehead atoms. The van der Waals surface area contributed by atoms with Gasteiger partial charge in [0, 0.05) is 6.20 Å². The normalized spacial score (nSPS) is 11.7. The maximum Gasteiger partial charge on any atom is 0.427 e. The van der Waals surface area contributed by atoms with E-state index in [1.54, 1.807) is 18.2 Å². The first-order valence-corrected chi connectivity index (χ1v) is 5.18. The first-order chi connectivity index (χ1) is 7.48. The van der Waals surface area contributed by atoms with Crippen LogP contribution >= 0.6 is 11.3 Å². The van der Waals surface area contributed by atoms with Crippen molar-refractivity contribution in [3.05, 3.63) is 35.3 Å². The van der Waals surface area contributed by atoms with Gasteiger partial charge in [0.15, 0.2) is 0 Å². The van der Waals surface area contributed by atoms with Gasteiger partial charge in [-0.05, 0) is 18.2 Å². The third-order valence-electron chi connectivity index (χ3n) is 1.94. The van der Waals surface area contributed by atoms with Crippen molar-refractivity contribution in [1.29, 1.82) is 0 Å². The molecule has 0 aromatic carbocycles. The molecule has 2 nitrogen and oxygen atoms in total. The Kier molecular flexibility index (Phi) is 2.59. The van der Waals surface area contributed by atoms with E-state index in [1.807, 2.05) is 0 Å². The Bertz CT molecular complexity index is 491. The van der Waals surface area contributed by atoms with Gasteiger partial charge in [-0.25, -0.2) is 0 Å². The minimum Gasteiger partial charge on any atom is -0.398 e. The Morgan fingerprint density at radius 2 is 2.00 bits per heavy atom. The number of halogens is 3. The van der Waals surface area contributed by atoms with Gasteiger partial charge in [-0.1, -0.05) is 6.07 Å². The number of pyridine rings is 1. The molecule has 0 atom stereocenters. The molecule has 16 heavy (non-hydrogen) atoms. The lowest BCUT2D eigenvalue weighted by Crippen LogP contribution is -2.04. The summed E-state index contributed by atoms with van der Waals surface area (Å²) in [5.41, 5.74) is 5.57. The molecule has 0 aliphatic carbocycles. The van der Waals surface area contributed by atoms with E-state index < -0.39 is 11.1 Å². The van der Waals surface area contributed by atoms with Gasteiger partial charge in [0.2, 0.25) is 0 Å². The zero-order valence-corrected chi connectivity index (χ0v) is 8.77. The van der Waals surface area contributed by atoms with Crippen LogP contribution in [0.5, 0.6) is 0 Å². The molecule has 84 valence electrons. The van der Waals surface area contributed by atoms with Gasteiger partial charge < -0.3 is 5.73 Å². The molecule has 2 rings (SSSR count). The molecule has 0 unspecified atom stereocenters. The molecule has 2 aromatic rings. The highest BCUT2D eigenvalue weighted by molar-refractivity contribution is 7.16. The molecule has 0 amide bonds. The lowest BCUT2D eigenvalue weighted by Gasteiger charge is -2.02. The highest BCUT2D eigenvalue weighted by atomic mass is 32.1. The Hall–Kier alpha value is -1.56. The van der Waals surface area contributed by atoms with E-state index in [-0.39, 0.29) is 5.69 Å². The van der Waals surface area contributed by atoms with Crippen molar-refractivity contribution >= 4 is 17.0 Å². The second-order valence-corrected chi connectivity index (χ2v) is 4.16. The number of hydrogen-bond acceptors (Lipinski definition) is 3. The van der Waals surface area contributed by atoms with E-state index >= 15 is 0 Å². The number of alkyl halides is 3. The maximum atomic E-state index is 12.5. The van der Waals surface area contributed by atoms with E-state index in [4.69, 9.17) is 5.73 Å². The van der Waals surface area contributed by atoms with Gasteiger partial charge >= 0.3 is 6.18 Å². The minimum absolute atomic E-state index is 0.252. The van der Waals surface area contributed by atoms with Gasteiger partial charge in [0.05, 0.1) is 16.3 Å². The molecule has 0 aliphatic heterocycles. The first kappa shape index (κ1) is 10.9. The summed E-state index contributed by atoms with van der Waals surface area (Å²) in [5, 5.41) is 0. The predicted octanol–water partition coefficient (Wildman–Crippen LogP) is 3.41. The SMILES string of the molecule is Nc1cc(-c2ccccn2)sc1C(F)(F)F. The van der Waals surface area contributed by atoms with Crippen LogP contribution in [-0.4, -0.2) is 4.98 Å². The van der Waals surface area contributed by atoms with Gasteiger partial charge in [-0.15, -0.1) is 11.3 Å². The average molecular weight is 244 g/mol. The molecule has 2 aromatic heterocycles. The summed E-state index contributed by atoms with van der Waals surface area (Å²) in [7, 11) is 0. The lowest BCUT2D eigenvalue weighted by atomic mass is 10.3. The van der Waals surface area contributed by atoms with Gasteiger partial charge in [0.1, 0.15) is 4.88 Å². The number of nitrogens with two attached hydrogens (primary N) is 1.